The van der Waals surface area contributed by atoms with Crippen molar-refractivity contribution in [2.75, 3.05) is 5.75 Å². The van der Waals surface area contributed by atoms with Crippen LogP contribution in [0.2, 0.25) is 0 Å². The van der Waals surface area contributed by atoms with Crippen LogP contribution in [0, 0.1) is 0 Å². The second kappa shape index (κ2) is 6.96. The Morgan fingerprint density at radius 1 is 1.31 bits per heavy atom. The molecule has 0 heterocycles. The summed E-state index contributed by atoms with van der Waals surface area (Å²) in [6.45, 7) is 3.97. The second-order valence-electron chi connectivity index (χ2n) is 2.91. The van der Waals surface area contributed by atoms with Gasteiger partial charge < -0.3 is 0 Å². The van der Waals surface area contributed by atoms with E-state index in [0.29, 0.717) is 0 Å². The standard InChI is InChI=1S/C8H17ClO2S2/c1-3-5-7-13(10,11)12-8(9)6-4-2/h8H,3-7H2,1-2H3. The number of rotatable bonds is 7. The van der Waals surface area contributed by atoms with Gasteiger partial charge in [0.1, 0.15) is 0 Å². The molecule has 0 saturated heterocycles. The lowest BCUT2D eigenvalue weighted by Crippen LogP contribution is -2.05. The van der Waals surface area contributed by atoms with Crippen molar-refractivity contribution in [2.45, 2.75) is 44.2 Å². The third-order valence-corrected chi connectivity index (χ3v) is 5.92. The first-order chi connectivity index (χ1) is 6.02. The van der Waals surface area contributed by atoms with E-state index in [1.807, 2.05) is 13.8 Å². The van der Waals surface area contributed by atoms with E-state index in [4.69, 9.17) is 11.6 Å². The fraction of sp³-hybridized carbons (Fsp3) is 1.00. The van der Waals surface area contributed by atoms with Crippen molar-refractivity contribution >= 4 is 31.3 Å². The Balaban J connectivity index is 3.87. The largest absolute Gasteiger partial charge is 0.217 e. The monoisotopic (exact) mass is 244 g/mol. The third-order valence-electron chi connectivity index (χ3n) is 1.51. The average molecular weight is 245 g/mol. The lowest BCUT2D eigenvalue weighted by Gasteiger charge is -2.07. The Labute approximate surface area is 89.7 Å². The maximum Gasteiger partial charge on any atom is 0.202 e. The van der Waals surface area contributed by atoms with Crippen LogP contribution in [0.4, 0.5) is 0 Å². The first-order valence-electron chi connectivity index (χ1n) is 4.57. The second-order valence-corrected chi connectivity index (χ2v) is 8.08. The predicted octanol–water partition coefficient (Wildman–Crippen LogP) is 3.21. The van der Waals surface area contributed by atoms with Gasteiger partial charge in [-0.05, 0) is 23.6 Å². The summed E-state index contributed by atoms with van der Waals surface area (Å²) in [5.74, 6) is 0.251. The van der Waals surface area contributed by atoms with Crippen molar-refractivity contribution in [3.05, 3.63) is 0 Å². The normalized spacial score (nSPS) is 14.4. The van der Waals surface area contributed by atoms with Crippen LogP contribution in [0.25, 0.3) is 0 Å². The van der Waals surface area contributed by atoms with E-state index in [1.165, 1.54) is 0 Å². The van der Waals surface area contributed by atoms with Crippen LogP contribution >= 0.6 is 22.4 Å². The Kier molecular flexibility index (Phi) is 7.27. The van der Waals surface area contributed by atoms with Gasteiger partial charge in [-0.3, -0.25) is 0 Å². The van der Waals surface area contributed by atoms with Gasteiger partial charge in [-0.1, -0.05) is 26.7 Å². The van der Waals surface area contributed by atoms with Crippen molar-refractivity contribution < 1.29 is 8.42 Å². The van der Waals surface area contributed by atoms with Crippen molar-refractivity contribution in [3.63, 3.8) is 0 Å². The minimum absolute atomic E-state index is 0.251. The zero-order valence-electron chi connectivity index (χ0n) is 8.12. The number of halogens is 1. The molecule has 13 heavy (non-hydrogen) atoms. The Bertz CT molecular complexity index is 214. The molecule has 0 aliphatic carbocycles. The molecule has 0 aromatic rings. The quantitative estimate of drug-likeness (QED) is 0.510. The van der Waals surface area contributed by atoms with Gasteiger partial charge in [0.25, 0.3) is 0 Å². The molecule has 0 N–H and O–H groups in total. The molecule has 5 heteroatoms. The molecular formula is C8H17ClO2S2. The molecule has 2 nitrogen and oxygen atoms in total. The minimum atomic E-state index is -2.98. The van der Waals surface area contributed by atoms with Crippen molar-refractivity contribution in [3.8, 4) is 0 Å². The van der Waals surface area contributed by atoms with Gasteiger partial charge in [0.15, 0.2) is 0 Å². The maximum atomic E-state index is 11.4. The number of unbranched alkanes of at least 4 members (excludes halogenated alkanes) is 1. The minimum Gasteiger partial charge on any atom is -0.217 e. The molecule has 0 fully saturated rings. The summed E-state index contributed by atoms with van der Waals surface area (Å²) >= 11 is 5.83. The number of hydrogen-bond acceptors (Lipinski definition) is 3. The zero-order chi connectivity index (χ0) is 10.3. The molecule has 0 rings (SSSR count). The molecular weight excluding hydrogens is 228 g/mol. The lowest BCUT2D eigenvalue weighted by molar-refractivity contribution is 0.607. The smallest absolute Gasteiger partial charge is 0.202 e. The van der Waals surface area contributed by atoms with Crippen LogP contribution in [0.15, 0.2) is 0 Å². The van der Waals surface area contributed by atoms with Gasteiger partial charge >= 0.3 is 0 Å². The summed E-state index contributed by atoms with van der Waals surface area (Å²) in [4.78, 5) is 0. The highest BCUT2D eigenvalue weighted by Gasteiger charge is 2.16. The Morgan fingerprint density at radius 3 is 2.38 bits per heavy atom. The van der Waals surface area contributed by atoms with Crippen LogP contribution < -0.4 is 0 Å². The van der Waals surface area contributed by atoms with E-state index in [-0.39, 0.29) is 10.5 Å². The van der Waals surface area contributed by atoms with E-state index < -0.39 is 8.87 Å². The highest BCUT2D eigenvalue weighted by atomic mass is 35.5. The molecule has 1 unspecified atom stereocenters. The summed E-state index contributed by atoms with van der Waals surface area (Å²) in [5.41, 5.74) is 0. The maximum absolute atomic E-state index is 11.4. The zero-order valence-corrected chi connectivity index (χ0v) is 10.5. The van der Waals surface area contributed by atoms with E-state index in [0.717, 1.165) is 36.5 Å². The SMILES string of the molecule is CCCCS(=O)(=O)SC(Cl)CCC. The molecule has 0 aromatic carbocycles. The highest BCUT2D eigenvalue weighted by Crippen LogP contribution is 2.27. The number of hydrogen-bond donors (Lipinski definition) is 0. The van der Waals surface area contributed by atoms with Crippen LogP contribution in [-0.4, -0.2) is 18.9 Å². The van der Waals surface area contributed by atoms with Crippen molar-refractivity contribution in [1.82, 2.24) is 0 Å². The summed E-state index contributed by atoms with van der Waals surface area (Å²) in [6, 6.07) is 0. The van der Waals surface area contributed by atoms with Gasteiger partial charge in [0.2, 0.25) is 8.87 Å². The third kappa shape index (κ3) is 7.65. The molecule has 0 radical (unpaired) electrons. The molecule has 0 amide bonds. The summed E-state index contributed by atoms with van der Waals surface area (Å²) < 4.78 is 22.4. The fourth-order valence-electron chi connectivity index (χ4n) is 0.803. The van der Waals surface area contributed by atoms with E-state index >= 15 is 0 Å². The molecule has 0 spiro atoms. The van der Waals surface area contributed by atoms with Gasteiger partial charge in [0, 0.05) is 0 Å². The van der Waals surface area contributed by atoms with E-state index in [2.05, 4.69) is 0 Å². The summed E-state index contributed by atoms with van der Waals surface area (Å²) in [5, 5.41) is 0. The van der Waals surface area contributed by atoms with Gasteiger partial charge in [-0.25, -0.2) is 8.42 Å². The van der Waals surface area contributed by atoms with Gasteiger partial charge in [0.05, 0.1) is 10.5 Å². The van der Waals surface area contributed by atoms with E-state index in [1.54, 1.807) is 0 Å². The highest BCUT2D eigenvalue weighted by molar-refractivity contribution is 8.72. The fourth-order valence-corrected chi connectivity index (χ4v) is 5.29. The van der Waals surface area contributed by atoms with Crippen LogP contribution in [0.3, 0.4) is 0 Å². The molecule has 0 bridgehead atoms. The molecule has 0 aliphatic rings. The Hall–Kier alpha value is 0.590. The van der Waals surface area contributed by atoms with Crippen LogP contribution in [0.5, 0.6) is 0 Å². The molecule has 0 aliphatic heterocycles. The summed E-state index contributed by atoms with van der Waals surface area (Å²) in [6.07, 6.45) is 3.30. The average Bonchev–Trinajstić information content (AvgIpc) is 2.00. The van der Waals surface area contributed by atoms with Gasteiger partial charge in [-0.15, -0.1) is 11.6 Å². The molecule has 1 atom stereocenters. The van der Waals surface area contributed by atoms with Crippen LogP contribution in [0.1, 0.15) is 39.5 Å². The van der Waals surface area contributed by atoms with Crippen molar-refractivity contribution in [2.24, 2.45) is 0 Å². The topological polar surface area (TPSA) is 34.1 Å². The first kappa shape index (κ1) is 13.6. The molecule has 0 aromatic heterocycles. The first-order valence-corrected chi connectivity index (χ1v) is 8.05. The molecule has 0 saturated carbocycles. The Morgan fingerprint density at radius 2 is 1.92 bits per heavy atom. The summed E-state index contributed by atoms with van der Waals surface area (Å²) in [7, 11) is -2.08. The van der Waals surface area contributed by atoms with Gasteiger partial charge in [-0.2, -0.15) is 0 Å². The predicted molar refractivity (Wildman–Crippen MR) is 60.8 cm³/mol. The van der Waals surface area contributed by atoms with Crippen LogP contribution in [-0.2, 0) is 8.87 Å². The van der Waals surface area contributed by atoms with E-state index in [9.17, 15) is 8.42 Å². The molecule has 80 valence electrons. The lowest BCUT2D eigenvalue weighted by atomic mass is 10.4. The number of alkyl halides is 1. The van der Waals surface area contributed by atoms with Crippen molar-refractivity contribution in [1.29, 1.82) is 0 Å².